The third kappa shape index (κ3) is 4.99. The van der Waals surface area contributed by atoms with Crippen LogP contribution < -0.4 is 10.5 Å². The number of fused-ring (bicyclic) bond motifs is 1. The van der Waals surface area contributed by atoms with Crippen molar-refractivity contribution in [3.8, 4) is 5.75 Å². The van der Waals surface area contributed by atoms with Gasteiger partial charge in [0.15, 0.2) is 0 Å². The number of nitrogens with two attached hydrogens (primary N) is 1. The number of hydrogen-bond donors (Lipinski definition) is 2. The summed E-state index contributed by atoms with van der Waals surface area (Å²) < 4.78 is 5.53. The van der Waals surface area contributed by atoms with Gasteiger partial charge in [-0.2, -0.15) is 0 Å². The zero-order valence-electron chi connectivity index (χ0n) is 15.0. The number of aryl methyl sites for hydroxylation is 1. The Hall–Kier alpha value is -2.58. The van der Waals surface area contributed by atoms with Crippen molar-refractivity contribution >= 4 is 23.3 Å². The highest BCUT2D eigenvalue weighted by Crippen LogP contribution is 2.24. The molecule has 1 aliphatic heterocycles. The molecule has 0 radical (unpaired) electrons. The zero-order chi connectivity index (χ0) is 19.2. The molecule has 3 N–H and O–H groups in total. The normalized spacial score (nSPS) is 13.4. The summed E-state index contributed by atoms with van der Waals surface area (Å²) in [7, 11) is 0. The molecular weight excluding hydrogens is 366 g/mol. The zero-order valence-corrected chi connectivity index (χ0v) is 15.8. The molecule has 0 saturated heterocycles. The number of urea groups is 1. The van der Waals surface area contributed by atoms with Crippen LogP contribution >= 0.6 is 11.3 Å². The first kappa shape index (κ1) is 19.2. The van der Waals surface area contributed by atoms with E-state index in [9.17, 15) is 14.8 Å². The number of hydroxylamine groups is 2. The van der Waals surface area contributed by atoms with Crippen LogP contribution in [0.5, 0.6) is 5.75 Å². The maximum absolute atomic E-state index is 12.7. The lowest BCUT2D eigenvalue weighted by Gasteiger charge is -2.29. The summed E-state index contributed by atoms with van der Waals surface area (Å²) in [6, 6.07) is 8.62. The summed E-state index contributed by atoms with van der Waals surface area (Å²) in [5, 5.41) is 11.7. The van der Waals surface area contributed by atoms with Gasteiger partial charge >= 0.3 is 6.03 Å². The van der Waals surface area contributed by atoms with Gasteiger partial charge < -0.3 is 15.4 Å². The van der Waals surface area contributed by atoms with Crippen molar-refractivity contribution in [2.24, 2.45) is 5.73 Å². The summed E-state index contributed by atoms with van der Waals surface area (Å²) >= 11 is 1.75. The first-order valence-corrected chi connectivity index (χ1v) is 9.76. The SMILES string of the molecule is NC(=O)N(O)CCOc1ccc2c(c1)CCN(CCCc1cccs1)C2=O. The van der Waals surface area contributed by atoms with Crippen molar-refractivity contribution in [2.75, 3.05) is 26.2 Å². The van der Waals surface area contributed by atoms with Crippen molar-refractivity contribution in [2.45, 2.75) is 19.3 Å². The average molecular weight is 389 g/mol. The number of benzene rings is 1. The largest absolute Gasteiger partial charge is 0.492 e. The number of amides is 3. The maximum atomic E-state index is 12.7. The van der Waals surface area contributed by atoms with Gasteiger partial charge in [-0.1, -0.05) is 6.07 Å². The lowest BCUT2D eigenvalue weighted by atomic mass is 9.98. The second-order valence-electron chi connectivity index (χ2n) is 6.35. The van der Waals surface area contributed by atoms with Crippen molar-refractivity contribution in [1.29, 1.82) is 0 Å². The molecule has 1 aromatic heterocycles. The van der Waals surface area contributed by atoms with E-state index in [1.54, 1.807) is 23.5 Å². The van der Waals surface area contributed by atoms with Crippen LogP contribution in [0.4, 0.5) is 4.79 Å². The van der Waals surface area contributed by atoms with Crippen LogP contribution in [0, 0.1) is 0 Å². The smallest absolute Gasteiger partial charge is 0.338 e. The predicted octanol–water partition coefficient (Wildman–Crippen LogP) is 2.53. The summed E-state index contributed by atoms with van der Waals surface area (Å²) in [4.78, 5) is 26.7. The van der Waals surface area contributed by atoms with Gasteiger partial charge in [0.25, 0.3) is 5.91 Å². The lowest BCUT2D eigenvalue weighted by molar-refractivity contribution is -0.0464. The topological polar surface area (TPSA) is 96.1 Å². The molecule has 0 fully saturated rings. The van der Waals surface area contributed by atoms with E-state index in [0.717, 1.165) is 31.4 Å². The Morgan fingerprint density at radius 2 is 2.22 bits per heavy atom. The molecule has 27 heavy (non-hydrogen) atoms. The molecule has 1 aromatic carbocycles. The Kier molecular flexibility index (Phi) is 6.31. The van der Waals surface area contributed by atoms with Crippen molar-refractivity contribution in [3.05, 3.63) is 51.7 Å². The van der Waals surface area contributed by atoms with Gasteiger partial charge in [-0.05, 0) is 54.5 Å². The molecule has 2 heterocycles. The fraction of sp³-hybridized carbons (Fsp3) is 0.368. The molecule has 3 rings (SSSR count). The van der Waals surface area contributed by atoms with Gasteiger partial charge in [-0.15, -0.1) is 11.3 Å². The number of rotatable bonds is 8. The molecule has 0 aliphatic carbocycles. The molecule has 0 unspecified atom stereocenters. The third-order valence-electron chi connectivity index (χ3n) is 4.50. The molecule has 0 saturated carbocycles. The van der Waals surface area contributed by atoms with E-state index in [2.05, 4.69) is 11.4 Å². The van der Waals surface area contributed by atoms with Gasteiger partial charge in [-0.3, -0.25) is 10.0 Å². The van der Waals surface area contributed by atoms with Gasteiger partial charge in [0.2, 0.25) is 0 Å². The Labute approximate surface area is 161 Å². The molecule has 7 nitrogen and oxygen atoms in total. The highest BCUT2D eigenvalue weighted by Gasteiger charge is 2.24. The van der Waals surface area contributed by atoms with Crippen molar-refractivity contribution in [1.82, 2.24) is 9.96 Å². The van der Waals surface area contributed by atoms with E-state index in [4.69, 9.17) is 10.5 Å². The number of ether oxygens (including phenoxy) is 1. The second-order valence-corrected chi connectivity index (χ2v) is 7.39. The molecule has 2 aromatic rings. The lowest BCUT2D eigenvalue weighted by Crippen LogP contribution is -2.38. The summed E-state index contributed by atoms with van der Waals surface area (Å²) in [6.07, 6.45) is 2.74. The Morgan fingerprint density at radius 1 is 1.37 bits per heavy atom. The second kappa shape index (κ2) is 8.88. The number of carbonyl (C=O) groups excluding carboxylic acids is 2. The summed E-state index contributed by atoms with van der Waals surface area (Å²) in [5.74, 6) is 0.662. The number of hydrogen-bond acceptors (Lipinski definition) is 5. The average Bonchev–Trinajstić information content (AvgIpc) is 3.17. The van der Waals surface area contributed by atoms with Crippen LogP contribution in [-0.4, -0.2) is 53.3 Å². The van der Waals surface area contributed by atoms with Gasteiger partial charge in [0.05, 0.1) is 6.54 Å². The number of thiophene rings is 1. The molecule has 3 amide bonds. The maximum Gasteiger partial charge on any atom is 0.338 e. The summed E-state index contributed by atoms with van der Waals surface area (Å²) in [5.41, 5.74) is 6.61. The number of primary amides is 1. The fourth-order valence-electron chi connectivity index (χ4n) is 3.08. The standard InChI is InChI=1S/C19H23N3O4S/c20-19(24)22(25)10-11-26-15-5-6-17-14(13-15)7-9-21(18(17)23)8-1-3-16-4-2-12-27-16/h2,4-6,12-13,25H,1,3,7-11H2,(H2,20,24). The molecule has 144 valence electrons. The highest BCUT2D eigenvalue weighted by molar-refractivity contribution is 7.09. The minimum atomic E-state index is -0.922. The third-order valence-corrected chi connectivity index (χ3v) is 5.44. The first-order valence-electron chi connectivity index (χ1n) is 8.88. The fourth-order valence-corrected chi connectivity index (χ4v) is 3.83. The predicted molar refractivity (Wildman–Crippen MR) is 102 cm³/mol. The Morgan fingerprint density at radius 3 is 2.96 bits per heavy atom. The Balaban J connectivity index is 1.52. The first-order chi connectivity index (χ1) is 13.0. The number of nitrogens with zero attached hydrogens (tertiary/aromatic N) is 2. The van der Waals surface area contributed by atoms with E-state index < -0.39 is 6.03 Å². The quantitative estimate of drug-likeness (QED) is 0.536. The number of carbonyl (C=O) groups is 2. The van der Waals surface area contributed by atoms with Crippen LogP contribution in [0.2, 0.25) is 0 Å². The van der Waals surface area contributed by atoms with Crippen LogP contribution in [-0.2, 0) is 12.8 Å². The van der Waals surface area contributed by atoms with Gasteiger partial charge in [-0.25, -0.2) is 9.86 Å². The van der Waals surface area contributed by atoms with Gasteiger partial charge in [0, 0.05) is 23.5 Å². The van der Waals surface area contributed by atoms with E-state index in [-0.39, 0.29) is 19.1 Å². The van der Waals surface area contributed by atoms with E-state index in [1.807, 2.05) is 17.0 Å². The van der Waals surface area contributed by atoms with E-state index >= 15 is 0 Å². The van der Waals surface area contributed by atoms with E-state index in [1.165, 1.54) is 4.88 Å². The van der Waals surface area contributed by atoms with E-state index in [0.29, 0.717) is 22.9 Å². The van der Waals surface area contributed by atoms with Crippen LogP contribution in [0.15, 0.2) is 35.7 Å². The minimum Gasteiger partial charge on any atom is -0.492 e. The molecule has 0 atom stereocenters. The Bertz CT molecular complexity index is 794. The summed E-state index contributed by atoms with van der Waals surface area (Å²) in [6.45, 7) is 1.55. The monoisotopic (exact) mass is 389 g/mol. The molecule has 0 bridgehead atoms. The van der Waals surface area contributed by atoms with Crippen LogP contribution in [0.1, 0.15) is 27.2 Å². The minimum absolute atomic E-state index is 0.0244. The van der Waals surface area contributed by atoms with Gasteiger partial charge in [0.1, 0.15) is 12.4 Å². The molecule has 1 aliphatic rings. The van der Waals surface area contributed by atoms with Crippen molar-refractivity contribution < 1.29 is 19.5 Å². The van der Waals surface area contributed by atoms with Crippen LogP contribution in [0.25, 0.3) is 0 Å². The highest BCUT2D eigenvalue weighted by atomic mass is 32.1. The molecular formula is C19H23N3O4S. The molecule has 0 spiro atoms. The van der Waals surface area contributed by atoms with Crippen LogP contribution in [0.3, 0.4) is 0 Å². The molecule has 8 heteroatoms. The van der Waals surface area contributed by atoms with Crippen molar-refractivity contribution in [3.63, 3.8) is 0 Å².